The fourth-order valence-electron chi connectivity index (χ4n) is 4.19. The third-order valence-corrected chi connectivity index (χ3v) is 6.02. The predicted octanol–water partition coefficient (Wildman–Crippen LogP) is 3.90. The molecule has 4 aromatic heterocycles. The Morgan fingerprint density at radius 3 is 2.44 bits per heavy atom. The molecule has 1 saturated carbocycles. The van der Waals surface area contributed by atoms with E-state index in [4.69, 9.17) is 14.6 Å². The standard InChI is InChI=1S/C24H24N6O4/c1-33-20-9-8-19-23(29-20)30-22(28-19)15-4-7-18(25-11-15)16-12-26-24(27-13-16)34-17-5-2-14(3-6-17)10-21(31)32/h4,7-9,11-14,17H,2-3,5-6,10H2,1H3,(H,31,32)(H,28,29,30). The summed E-state index contributed by atoms with van der Waals surface area (Å²) < 4.78 is 11.1. The van der Waals surface area contributed by atoms with Crippen LogP contribution < -0.4 is 9.47 Å². The molecule has 0 amide bonds. The van der Waals surface area contributed by atoms with Gasteiger partial charge in [-0.3, -0.25) is 9.78 Å². The Morgan fingerprint density at radius 1 is 1.00 bits per heavy atom. The number of imidazole rings is 1. The molecule has 5 rings (SSSR count). The van der Waals surface area contributed by atoms with E-state index in [1.165, 1.54) is 0 Å². The van der Waals surface area contributed by atoms with Crippen molar-refractivity contribution < 1.29 is 19.4 Å². The third kappa shape index (κ3) is 4.80. The number of nitrogens with zero attached hydrogens (tertiary/aromatic N) is 5. The Hall–Kier alpha value is -4.08. The van der Waals surface area contributed by atoms with Gasteiger partial charge in [0.2, 0.25) is 5.88 Å². The van der Waals surface area contributed by atoms with Crippen LogP contribution in [0.15, 0.2) is 42.9 Å². The van der Waals surface area contributed by atoms with Crippen LogP contribution in [-0.2, 0) is 4.79 Å². The van der Waals surface area contributed by atoms with Crippen molar-refractivity contribution in [3.63, 3.8) is 0 Å². The maximum Gasteiger partial charge on any atom is 0.316 e. The van der Waals surface area contributed by atoms with E-state index in [1.807, 2.05) is 18.2 Å². The van der Waals surface area contributed by atoms with Crippen molar-refractivity contribution in [3.05, 3.63) is 42.9 Å². The maximum atomic E-state index is 10.9. The number of carboxylic acid groups (broad SMARTS) is 1. The normalized spacial score (nSPS) is 18.0. The Bertz CT molecular complexity index is 1280. The van der Waals surface area contributed by atoms with Gasteiger partial charge in [0, 0.05) is 42.2 Å². The molecule has 10 heteroatoms. The lowest BCUT2D eigenvalue weighted by Gasteiger charge is -2.27. The number of aromatic amines is 1. The average molecular weight is 460 g/mol. The molecule has 0 unspecified atom stereocenters. The van der Waals surface area contributed by atoms with Crippen molar-refractivity contribution in [1.29, 1.82) is 0 Å². The van der Waals surface area contributed by atoms with Gasteiger partial charge < -0.3 is 19.6 Å². The highest BCUT2D eigenvalue weighted by Gasteiger charge is 2.24. The second kappa shape index (κ2) is 9.42. The van der Waals surface area contributed by atoms with Gasteiger partial charge in [0.15, 0.2) is 5.65 Å². The molecule has 0 radical (unpaired) electrons. The van der Waals surface area contributed by atoms with Crippen LogP contribution in [0.25, 0.3) is 33.8 Å². The average Bonchev–Trinajstić information content (AvgIpc) is 3.29. The summed E-state index contributed by atoms with van der Waals surface area (Å²) in [5, 5.41) is 8.94. The lowest BCUT2D eigenvalue weighted by Crippen LogP contribution is -2.25. The number of ether oxygens (including phenoxy) is 2. The number of pyridine rings is 2. The molecule has 1 fully saturated rings. The van der Waals surface area contributed by atoms with E-state index in [9.17, 15) is 4.79 Å². The summed E-state index contributed by atoms with van der Waals surface area (Å²) in [6.45, 7) is 0. The lowest BCUT2D eigenvalue weighted by molar-refractivity contribution is -0.138. The molecule has 4 heterocycles. The molecule has 1 aliphatic rings. The zero-order chi connectivity index (χ0) is 23.5. The van der Waals surface area contributed by atoms with Crippen LogP contribution in [0.5, 0.6) is 11.9 Å². The molecular formula is C24H24N6O4. The Balaban J connectivity index is 1.22. The van der Waals surface area contributed by atoms with Crippen molar-refractivity contribution in [2.75, 3.05) is 7.11 Å². The van der Waals surface area contributed by atoms with Gasteiger partial charge in [-0.2, -0.15) is 4.98 Å². The monoisotopic (exact) mass is 460 g/mol. The van der Waals surface area contributed by atoms with Gasteiger partial charge in [0.1, 0.15) is 11.9 Å². The quantitative estimate of drug-likeness (QED) is 0.421. The number of hydrogen-bond acceptors (Lipinski definition) is 8. The van der Waals surface area contributed by atoms with Crippen molar-refractivity contribution >= 4 is 17.1 Å². The van der Waals surface area contributed by atoms with Gasteiger partial charge in [0.05, 0.1) is 18.3 Å². The molecule has 1 aliphatic carbocycles. The Morgan fingerprint density at radius 2 is 1.76 bits per heavy atom. The first-order valence-corrected chi connectivity index (χ1v) is 11.2. The smallest absolute Gasteiger partial charge is 0.316 e. The second-order valence-electron chi connectivity index (χ2n) is 8.36. The highest BCUT2D eigenvalue weighted by atomic mass is 16.5. The van der Waals surface area contributed by atoms with E-state index in [0.29, 0.717) is 23.4 Å². The number of carbonyl (C=O) groups is 1. The first-order valence-electron chi connectivity index (χ1n) is 11.2. The van der Waals surface area contributed by atoms with Crippen LogP contribution in [0.4, 0.5) is 0 Å². The van der Waals surface area contributed by atoms with Crippen LogP contribution in [0.1, 0.15) is 32.1 Å². The summed E-state index contributed by atoms with van der Waals surface area (Å²) in [6, 6.07) is 7.80. The first kappa shape index (κ1) is 21.7. The summed E-state index contributed by atoms with van der Waals surface area (Å²) in [5.74, 6) is 0.679. The van der Waals surface area contributed by atoms with Gasteiger partial charge in [-0.05, 0) is 49.8 Å². The second-order valence-corrected chi connectivity index (χ2v) is 8.36. The molecule has 34 heavy (non-hydrogen) atoms. The van der Waals surface area contributed by atoms with Gasteiger partial charge in [-0.15, -0.1) is 0 Å². The topological polar surface area (TPSA) is 136 Å². The van der Waals surface area contributed by atoms with Crippen LogP contribution >= 0.6 is 0 Å². The molecule has 10 nitrogen and oxygen atoms in total. The largest absolute Gasteiger partial charge is 0.481 e. The number of H-pyrrole nitrogens is 1. The minimum Gasteiger partial charge on any atom is -0.481 e. The predicted molar refractivity (Wildman–Crippen MR) is 123 cm³/mol. The summed E-state index contributed by atoms with van der Waals surface area (Å²) >= 11 is 0. The van der Waals surface area contributed by atoms with Crippen molar-refractivity contribution in [2.24, 2.45) is 5.92 Å². The SMILES string of the molecule is COc1ccc2[nH]c(-c3ccc(-c4cnc(OC5CCC(CC(=O)O)CC5)nc4)nc3)nc2n1. The van der Waals surface area contributed by atoms with Gasteiger partial charge in [-0.25, -0.2) is 15.0 Å². The molecule has 2 N–H and O–H groups in total. The molecule has 0 aromatic carbocycles. The minimum atomic E-state index is -0.736. The number of carboxylic acids is 1. The summed E-state index contributed by atoms with van der Waals surface area (Å²) in [4.78, 5) is 36.2. The van der Waals surface area contributed by atoms with Gasteiger partial charge in [-0.1, -0.05) is 0 Å². The number of aliphatic carboxylic acids is 1. The Kier molecular flexibility index (Phi) is 6.03. The third-order valence-electron chi connectivity index (χ3n) is 6.02. The van der Waals surface area contributed by atoms with Gasteiger partial charge >= 0.3 is 12.0 Å². The van der Waals surface area contributed by atoms with Crippen LogP contribution in [0.2, 0.25) is 0 Å². The molecule has 0 aliphatic heterocycles. The fourth-order valence-corrected chi connectivity index (χ4v) is 4.19. The van der Waals surface area contributed by atoms with E-state index in [2.05, 4.69) is 29.9 Å². The van der Waals surface area contributed by atoms with Gasteiger partial charge in [0.25, 0.3) is 0 Å². The number of hydrogen-bond donors (Lipinski definition) is 2. The van der Waals surface area contributed by atoms with Crippen molar-refractivity contribution in [3.8, 4) is 34.5 Å². The van der Waals surface area contributed by atoms with Crippen molar-refractivity contribution in [2.45, 2.75) is 38.2 Å². The molecule has 174 valence electrons. The molecule has 0 saturated heterocycles. The summed E-state index contributed by atoms with van der Waals surface area (Å²) in [5.41, 5.74) is 3.75. The molecule has 0 atom stereocenters. The highest BCUT2D eigenvalue weighted by molar-refractivity contribution is 5.76. The number of nitrogens with one attached hydrogen (secondary N) is 1. The van der Waals surface area contributed by atoms with E-state index < -0.39 is 5.97 Å². The molecule has 0 bridgehead atoms. The van der Waals surface area contributed by atoms with Crippen LogP contribution in [0.3, 0.4) is 0 Å². The number of fused-ring (bicyclic) bond motifs is 1. The van der Waals surface area contributed by atoms with E-state index in [0.717, 1.165) is 48.0 Å². The first-order chi connectivity index (χ1) is 16.6. The zero-order valence-electron chi connectivity index (χ0n) is 18.6. The lowest BCUT2D eigenvalue weighted by atomic mass is 9.85. The molecule has 4 aromatic rings. The van der Waals surface area contributed by atoms with E-state index in [1.54, 1.807) is 31.8 Å². The number of methoxy groups -OCH3 is 1. The van der Waals surface area contributed by atoms with Crippen LogP contribution in [0, 0.1) is 5.92 Å². The summed E-state index contributed by atoms with van der Waals surface area (Å²) in [6.07, 6.45) is 8.70. The highest BCUT2D eigenvalue weighted by Crippen LogP contribution is 2.29. The molecule has 0 spiro atoms. The van der Waals surface area contributed by atoms with E-state index in [-0.39, 0.29) is 18.4 Å². The van der Waals surface area contributed by atoms with E-state index >= 15 is 0 Å². The maximum absolute atomic E-state index is 10.9. The fraction of sp³-hybridized carbons (Fsp3) is 0.333. The number of rotatable bonds is 7. The molecular weight excluding hydrogens is 436 g/mol. The number of aromatic nitrogens is 6. The van der Waals surface area contributed by atoms with Crippen molar-refractivity contribution in [1.82, 2.24) is 29.9 Å². The summed E-state index contributed by atoms with van der Waals surface area (Å²) in [7, 11) is 1.57. The Labute approximate surface area is 195 Å². The minimum absolute atomic E-state index is 0.0200. The van der Waals surface area contributed by atoms with Crippen LogP contribution in [-0.4, -0.2) is 54.2 Å². The zero-order valence-corrected chi connectivity index (χ0v) is 18.6.